The van der Waals surface area contributed by atoms with E-state index in [0.29, 0.717) is 5.95 Å². The second-order valence-electron chi connectivity index (χ2n) is 4.83. The van der Waals surface area contributed by atoms with Crippen LogP contribution in [0, 0.1) is 18.8 Å². The fourth-order valence-corrected chi connectivity index (χ4v) is 1.89. The van der Waals surface area contributed by atoms with Gasteiger partial charge in [0.25, 0.3) is 0 Å². The molecule has 3 aromatic rings. The Kier molecular flexibility index (Phi) is 4.11. The van der Waals surface area contributed by atoms with E-state index in [9.17, 15) is 0 Å². The number of imidazole rings is 1. The Hall–Kier alpha value is -3.46. The van der Waals surface area contributed by atoms with Crippen LogP contribution in [0.2, 0.25) is 0 Å². The van der Waals surface area contributed by atoms with Gasteiger partial charge in [0.05, 0.1) is 23.7 Å². The molecule has 2 N–H and O–H groups in total. The molecule has 0 saturated heterocycles. The molecule has 1 aromatic carbocycles. The number of anilines is 1. The molecule has 3 rings (SSSR count). The van der Waals surface area contributed by atoms with Crippen molar-refractivity contribution < 1.29 is 0 Å². The highest BCUT2D eigenvalue weighted by molar-refractivity contribution is 5.79. The largest absolute Gasteiger partial charge is 0.368 e. The van der Waals surface area contributed by atoms with Crippen molar-refractivity contribution in [2.45, 2.75) is 6.92 Å². The summed E-state index contributed by atoms with van der Waals surface area (Å²) in [6.45, 7) is 1.87. The summed E-state index contributed by atoms with van der Waals surface area (Å²) in [6.07, 6.45) is 8.33. The third-order valence-electron chi connectivity index (χ3n) is 2.99. The second kappa shape index (κ2) is 6.54. The lowest BCUT2D eigenvalue weighted by Gasteiger charge is -1.96. The van der Waals surface area contributed by atoms with Crippen molar-refractivity contribution in [2.75, 3.05) is 5.73 Å². The summed E-state index contributed by atoms with van der Waals surface area (Å²) in [5.74, 6) is 6.44. The molecule has 0 fully saturated rings. The molecule has 6 nitrogen and oxygen atoms in total. The normalized spacial score (nSPS) is 10.5. The van der Waals surface area contributed by atoms with Gasteiger partial charge in [-0.05, 0) is 24.6 Å². The van der Waals surface area contributed by atoms with E-state index in [1.54, 1.807) is 29.5 Å². The molecule has 0 aliphatic heterocycles. The molecular formula is C17H14N6. The molecule has 0 amide bonds. The number of hydrogen-bond donors (Lipinski definition) is 1. The molecule has 6 heteroatoms. The van der Waals surface area contributed by atoms with Crippen LogP contribution in [0.1, 0.15) is 22.4 Å². The minimum absolute atomic E-state index is 0.367. The lowest BCUT2D eigenvalue weighted by atomic mass is 10.1. The summed E-state index contributed by atoms with van der Waals surface area (Å²) in [5.41, 5.74) is 9.20. The van der Waals surface area contributed by atoms with Crippen molar-refractivity contribution in [1.29, 1.82) is 0 Å². The second-order valence-corrected chi connectivity index (χ2v) is 4.83. The molecule has 0 radical (unpaired) electrons. The van der Waals surface area contributed by atoms with Gasteiger partial charge in [0, 0.05) is 18.0 Å². The molecule has 0 atom stereocenters. The molecule has 0 saturated carbocycles. The molecule has 112 valence electrons. The number of hydrogen-bond acceptors (Lipinski definition) is 5. The van der Waals surface area contributed by atoms with Crippen LogP contribution in [0.4, 0.5) is 5.95 Å². The number of nitrogens with zero attached hydrogens (tertiary/aromatic N) is 5. The van der Waals surface area contributed by atoms with Crippen molar-refractivity contribution >= 4 is 12.2 Å². The maximum absolute atomic E-state index is 5.73. The first-order valence-corrected chi connectivity index (χ1v) is 6.93. The Balaban J connectivity index is 1.73. The number of nitrogens with two attached hydrogens (primary N) is 1. The molecule has 23 heavy (non-hydrogen) atoms. The standard InChI is InChI=1S/C17H14N6/c1-13-11-23(17(18)22-13)21-10-15-5-2-14(3-6-15)4-7-16-8-19-12-20-9-16/h2-3,5-6,8-12H,1H3,(H2,18,22). The van der Waals surface area contributed by atoms with E-state index in [-0.39, 0.29) is 0 Å². The molecule has 0 unspecified atom stereocenters. The SMILES string of the molecule is Cc1cn(N=Cc2ccc(C#Cc3cncnc3)cc2)c(N)n1. The fourth-order valence-electron chi connectivity index (χ4n) is 1.89. The van der Waals surface area contributed by atoms with Crippen LogP contribution < -0.4 is 5.73 Å². The summed E-state index contributed by atoms with van der Waals surface area (Å²) in [6, 6.07) is 7.74. The third kappa shape index (κ3) is 3.80. The Morgan fingerprint density at radius 2 is 1.78 bits per heavy atom. The lowest BCUT2D eigenvalue weighted by Crippen LogP contribution is -1.96. The average Bonchev–Trinajstić information content (AvgIpc) is 2.90. The molecule has 2 heterocycles. The minimum atomic E-state index is 0.367. The topological polar surface area (TPSA) is 82.0 Å². The van der Waals surface area contributed by atoms with Gasteiger partial charge in [-0.1, -0.05) is 24.0 Å². The van der Waals surface area contributed by atoms with Crippen LogP contribution in [-0.2, 0) is 0 Å². The van der Waals surface area contributed by atoms with Crippen LogP contribution in [0.15, 0.2) is 54.3 Å². The highest BCUT2D eigenvalue weighted by atomic mass is 15.4. The zero-order valence-corrected chi connectivity index (χ0v) is 12.5. The van der Waals surface area contributed by atoms with Gasteiger partial charge in [-0.25, -0.2) is 19.6 Å². The van der Waals surface area contributed by atoms with Crippen molar-refractivity contribution in [3.8, 4) is 11.8 Å². The van der Waals surface area contributed by atoms with Crippen LogP contribution >= 0.6 is 0 Å². The van der Waals surface area contributed by atoms with Gasteiger partial charge in [0.1, 0.15) is 6.33 Å². The fraction of sp³-hybridized carbons (Fsp3) is 0.0588. The summed E-state index contributed by atoms with van der Waals surface area (Å²) in [7, 11) is 0. The van der Waals surface area contributed by atoms with E-state index in [4.69, 9.17) is 5.73 Å². The number of nitrogen functional groups attached to an aromatic ring is 1. The highest BCUT2D eigenvalue weighted by Gasteiger charge is 1.98. The average molecular weight is 302 g/mol. The van der Waals surface area contributed by atoms with E-state index < -0.39 is 0 Å². The van der Waals surface area contributed by atoms with Crippen molar-refractivity contribution in [1.82, 2.24) is 19.6 Å². The van der Waals surface area contributed by atoms with Crippen LogP contribution in [-0.4, -0.2) is 25.8 Å². The van der Waals surface area contributed by atoms with Crippen LogP contribution in [0.5, 0.6) is 0 Å². The van der Waals surface area contributed by atoms with E-state index in [1.807, 2.05) is 31.2 Å². The first-order valence-electron chi connectivity index (χ1n) is 6.93. The molecule has 0 spiro atoms. The van der Waals surface area contributed by atoms with Crippen LogP contribution in [0.25, 0.3) is 0 Å². The summed E-state index contributed by atoms with van der Waals surface area (Å²) >= 11 is 0. The molecule has 2 aromatic heterocycles. The maximum Gasteiger partial charge on any atom is 0.221 e. The lowest BCUT2D eigenvalue weighted by molar-refractivity contribution is 0.897. The van der Waals surface area contributed by atoms with Crippen molar-refractivity contribution in [3.05, 3.63) is 71.6 Å². The Morgan fingerprint density at radius 3 is 2.43 bits per heavy atom. The van der Waals surface area contributed by atoms with E-state index in [0.717, 1.165) is 22.4 Å². The molecule has 0 bridgehead atoms. The maximum atomic E-state index is 5.73. The van der Waals surface area contributed by atoms with Gasteiger partial charge >= 0.3 is 0 Å². The zero-order chi connectivity index (χ0) is 16.1. The summed E-state index contributed by atoms with van der Waals surface area (Å²) in [5, 5.41) is 4.27. The first-order chi connectivity index (χ1) is 11.2. The zero-order valence-electron chi connectivity index (χ0n) is 12.5. The third-order valence-corrected chi connectivity index (χ3v) is 2.99. The molecule has 0 aliphatic carbocycles. The number of aromatic nitrogens is 4. The van der Waals surface area contributed by atoms with Crippen LogP contribution in [0.3, 0.4) is 0 Å². The van der Waals surface area contributed by atoms with Gasteiger partial charge < -0.3 is 5.73 Å². The van der Waals surface area contributed by atoms with E-state index in [2.05, 4.69) is 31.9 Å². The van der Waals surface area contributed by atoms with Gasteiger partial charge in [-0.3, -0.25) is 0 Å². The predicted molar refractivity (Wildman–Crippen MR) is 88.8 cm³/mol. The summed E-state index contributed by atoms with van der Waals surface area (Å²) < 4.78 is 1.54. The predicted octanol–water partition coefficient (Wildman–Crippen LogP) is 1.85. The number of rotatable bonds is 2. The van der Waals surface area contributed by atoms with Crippen molar-refractivity contribution in [3.63, 3.8) is 0 Å². The Morgan fingerprint density at radius 1 is 1.09 bits per heavy atom. The Bertz CT molecular complexity index is 882. The van der Waals surface area contributed by atoms with E-state index in [1.165, 1.54) is 6.33 Å². The number of aryl methyl sites for hydroxylation is 1. The first kappa shape index (κ1) is 14.5. The van der Waals surface area contributed by atoms with Crippen molar-refractivity contribution in [2.24, 2.45) is 5.10 Å². The molecular weight excluding hydrogens is 288 g/mol. The van der Waals surface area contributed by atoms with Gasteiger partial charge in [0.2, 0.25) is 5.95 Å². The smallest absolute Gasteiger partial charge is 0.221 e. The van der Waals surface area contributed by atoms with Gasteiger partial charge in [-0.2, -0.15) is 5.10 Å². The quantitative estimate of drug-likeness (QED) is 0.578. The number of benzene rings is 1. The van der Waals surface area contributed by atoms with Gasteiger partial charge in [0.15, 0.2) is 0 Å². The highest BCUT2D eigenvalue weighted by Crippen LogP contribution is 2.05. The monoisotopic (exact) mass is 302 g/mol. The Labute approximate surface area is 133 Å². The minimum Gasteiger partial charge on any atom is -0.368 e. The van der Waals surface area contributed by atoms with Gasteiger partial charge in [-0.15, -0.1) is 0 Å². The summed E-state index contributed by atoms with van der Waals surface area (Å²) in [4.78, 5) is 11.9. The molecule has 0 aliphatic rings. The van der Waals surface area contributed by atoms with E-state index >= 15 is 0 Å².